The zero-order valence-electron chi connectivity index (χ0n) is 10.0. The van der Waals surface area contributed by atoms with Gasteiger partial charge in [0, 0.05) is 11.8 Å². The summed E-state index contributed by atoms with van der Waals surface area (Å²) in [6, 6.07) is 8.74. The van der Waals surface area contributed by atoms with E-state index in [4.69, 9.17) is 0 Å². The summed E-state index contributed by atoms with van der Waals surface area (Å²) in [6.45, 7) is 0. The predicted octanol–water partition coefficient (Wildman–Crippen LogP) is 2.69. The molecule has 20 heavy (non-hydrogen) atoms. The summed E-state index contributed by atoms with van der Waals surface area (Å²) >= 11 is 0. The number of benzene rings is 2. The predicted molar refractivity (Wildman–Crippen MR) is 69.1 cm³/mol. The molecule has 0 bridgehead atoms. The molecule has 7 heteroatoms. The highest BCUT2D eigenvalue weighted by Gasteiger charge is 2.20. The van der Waals surface area contributed by atoms with Gasteiger partial charge < -0.3 is 10.4 Å². The molecule has 0 aliphatic rings. The largest absolute Gasteiger partial charge is 0.502 e. The average Bonchev–Trinajstić information content (AvgIpc) is 2.38. The molecule has 0 saturated heterocycles. The van der Waals surface area contributed by atoms with Crippen molar-refractivity contribution in [2.24, 2.45) is 0 Å². The van der Waals surface area contributed by atoms with Crippen molar-refractivity contribution in [1.82, 2.24) is 0 Å². The minimum Gasteiger partial charge on any atom is -0.502 e. The Bertz CT molecular complexity index is 688. The number of hydrogen-bond acceptors (Lipinski definition) is 4. The van der Waals surface area contributed by atoms with Crippen LogP contribution < -0.4 is 5.32 Å². The summed E-state index contributed by atoms with van der Waals surface area (Å²) in [6.07, 6.45) is 0. The molecule has 0 atom stereocenters. The van der Waals surface area contributed by atoms with Crippen LogP contribution in [0.4, 0.5) is 15.8 Å². The van der Waals surface area contributed by atoms with E-state index in [1.807, 2.05) is 0 Å². The van der Waals surface area contributed by atoms with Crippen LogP contribution in [0.25, 0.3) is 0 Å². The van der Waals surface area contributed by atoms with Crippen molar-refractivity contribution in [3.05, 3.63) is 64.0 Å². The van der Waals surface area contributed by atoms with Gasteiger partial charge in [-0.1, -0.05) is 12.1 Å². The number of anilines is 1. The number of nitro benzene ring substituents is 1. The molecule has 0 radical (unpaired) electrons. The molecule has 6 nitrogen and oxygen atoms in total. The number of carbonyl (C=O) groups excluding carboxylic acids is 1. The zero-order valence-corrected chi connectivity index (χ0v) is 10.0. The van der Waals surface area contributed by atoms with Gasteiger partial charge in [0.25, 0.3) is 5.91 Å². The fraction of sp³-hybridized carbons (Fsp3) is 0. The summed E-state index contributed by atoms with van der Waals surface area (Å²) in [5.41, 5.74) is -0.652. The van der Waals surface area contributed by atoms with E-state index < -0.39 is 28.1 Å². The van der Waals surface area contributed by atoms with E-state index in [1.165, 1.54) is 30.3 Å². The van der Waals surface area contributed by atoms with Gasteiger partial charge in [-0.25, -0.2) is 4.39 Å². The quantitative estimate of drug-likeness (QED) is 0.665. The first kappa shape index (κ1) is 13.5. The van der Waals surface area contributed by atoms with E-state index in [0.29, 0.717) is 0 Å². The number of nitro groups is 1. The minimum atomic E-state index is -0.797. The second-order valence-electron chi connectivity index (χ2n) is 3.89. The summed E-state index contributed by atoms with van der Waals surface area (Å²) < 4.78 is 13.0. The third kappa shape index (κ3) is 2.72. The van der Waals surface area contributed by atoms with Crippen molar-refractivity contribution in [2.75, 3.05) is 5.32 Å². The molecule has 2 rings (SSSR count). The van der Waals surface area contributed by atoms with Crippen LogP contribution in [0.3, 0.4) is 0 Å². The number of rotatable bonds is 3. The molecule has 0 saturated carbocycles. The maximum absolute atomic E-state index is 13.0. The summed E-state index contributed by atoms with van der Waals surface area (Å²) in [5, 5.41) is 22.7. The lowest BCUT2D eigenvalue weighted by Crippen LogP contribution is -2.12. The van der Waals surface area contributed by atoms with Crippen LogP contribution in [-0.2, 0) is 0 Å². The van der Waals surface area contributed by atoms with Gasteiger partial charge in [-0.15, -0.1) is 0 Å². The van der Waals surface area contributed by atoms with Gasteiger partial charge in [-0.2, -0.15) is 0 Å². The minimum absolute atomic E-state index is 0.181. The number of aromatic hydroxyl groups is 1. The van der Waals surface area contributed by atoms with E-state index >= 15 is 0 Å². The van der Waals surface area contributed by atoms with Crippen LogP contribution in [-0.4, -0.2) is 15.9 Å². The van der Waals surface area contributed by atoms with E-state index in [-0.39, 0.29) is 11.3 Å². The van der Waals surface area contributed by atoms with Gasteiger partial charge in [0.1, 0.15) is 5.82 Å². The molecule has 0 unspecified atom stereocenters. The van der Waals surface area contributed by atoms with Crippen molar-refractivity contribution in [2.45, 2.75) is 0 Å². The Labute approximate surface area is 112 Å². The average molecular weight is 276 g/mol. The van der Waals surface area contributed by atoms with Gasteiger partial charge in [0.15, 0.2) is 0 Å². The molecule has 2 aromatic carbocycles. The van der Waals surface area contributed by atoms with Gasteiger partial charge in [0.05, 0.1) is 10.5 Å². The fourth-order valence-corrected chi connectivity index (χ4v) is 1.63. The normalized spacial score (nSPS) is 10.1. The summed E-state index contributed by atoms with van der Waals surface area (Å²) in [7, 11) is 0. The third-order valence-electron chi connectivity index (χ3n) is 2.54. The molecular weight excluding hydrogens is 267 g/mol. The first-order valence-corrected chi connectivity index (χ1v) is 5.52. The molecule has 0 fully saturated rings. The van der Waals surface area contributed by atoms with Crippen LogP contribution in [0.5, 0.6) is 5.75 Å². The van der Waals surface area contributed by atoms with Gasteiger partial charge in [-0.05, 0) is 24.3 Å². The second kappa shape index (κ2) is 5.35. The molecule has 0 aliphatic heterocycles. The highest BCUT2D eigenvalue weighted by Crippen LogP contribution is 2.29. The summed E-state index contributed by atoms with van der Waals surface area (Å²) in [5.74, 6) is -2.03. The number of nitrogens with one attached hydrogen (secondary N) is 1. The highest BCUT2D eigenvalue weighted by atomic mass is 19.1. The van der Waals surface area contributed by atoms with E-state index in [2.05, 4.69) is 5.32 Å². The number of para-hydroxylation sites is 1. The van der Waals surface area contributed by atoms with Gasteiger partial charge >= 0.3 is 5.69 Å². The first-order chi connectivity index (χ1) is 9.49. The smallest absolute Gasteiger partial charge is 0.311 e. The molecule has 0 aliphatic carbocycles. The topological polar surface area (TPSA) is 92.5 Å². The van der Waals surface area contributed by atoms with E-state index in [1.54, 1.807) is 0 Å². The molecule has 0 aromatic heterocycles. The van der Waals surface area contributed by atoms with Crippen LogP contribution in [0.15, 0.2) is 42.5 Å². The number of phenols is 1. The van der Waals surface area contributed by atoms with Crippen molar-refractivity contribution >= 4 is 17.3 Å². The lowest BCUT2D eigenvalue weighted by Gasteiger charge is -2.07. The number of nitrogens with zero attached hydrogens (tertiary/aromatic N) is 1. The van der Waals surface area contributed by atoms with Crippen LogP contribution in [0, 0.1) is 15.9 Å². The standard InChI is InChI=1S/C13H9FN2O4/c14-8-3-1-4-9(7-8)15-13(18)10-5-2-6-11(12(10)17)16(19)20/h1-7,17H,(H,15,18). The molecular formula is C13H9FN2O4. The number of halogens is 1. The molecule has 2 N–H and O–H groups in total. The Morgan fingerprint density at radius 2 is 1.95 bits per heavy atom. The highest BCUT2D eigenvalue weighted by molar-refractivity contribution is 6.06. The maximum Gasteiger partial charge on any atom is 0.311 e. The molecule has 2 aromatic rings. The van der Waals surface area contributed by atoms with Gasteiger partial charge in [0.2, 0.25) is 5.75 Å². The molecule has 0 spiro atoms. The zero-order chi connectivity index (χ0) is 14.7. The number of amides is 1. The number of phenolic OH excluding ortho intramolecular Hbond substituents is 1. The van der Waals surface area contributed by atoms with Crippen LogP contribution in [0.1, 0.15) is 10.4 Å². The maximum atomic E-state index is 13.0. The Morgan fingerprint density at radius 3 is 2.60 bits per heavy atom. The number of hydrogen-bond donors (Lipinski definition) is 2. The Morgan fingerprint density at radius 1 is 1.25 bits per heavy atom. The Kier molecular flexibility index (Phi) is 3.60. The Balaban J connectivity index is 2.30. The lowest BCUT2D eigenvalue weighted by molar-refractivity contribution is -0.385. The molecule has 102 valence electrons. The lowest BCUT2D eigenvalue weighted by atomic mass is 10.1. The molecule has 1 amide bonds. The first-order valence-electron chi connectivity index (χ1n) is 5.52. The van der Waals surface area contributed by atoms with Crippen LogP contribution in [0.2, 0.25) is 0 Å². The van der Waals surface area contributed by atoms with Crippen molar-refractivity contribution in [3.8, 4) is 5.75 Å². The second-order valence-corrected chi connectivity index (χ2v) is 3.89. The SMILES string of the molecule is O=C(Nc1cccc(F)c1)c1cccc([N+](=O)[O-])c1O. The van der Waals surface area contributed by atoms with Crippen molar-refractivity contribution in [3.63, 3.8) is 0 Å². The summed E-state index contributed by atoms with van der Waals surface area (Å²) in [4.78, 5) is 21.8. The fourth-order valence-electron chi connectivity index (χ4n) is 1.63. The monoisotopic (exact) mass is 276 g/mol. The van der Waals surface area contributed by atoms with E-state index in [0.717, 1.165) is 12.1 Å². The number of carbonyl (C=O) groups is 1. The van der Waals surface area contributed by atoms with Crippen molar-refractivity contribution in [1.29, 1.82) is 0 Å². The van der Waals surface area contributed by atoms with E-state index in [9.17, 15) is 24.4 Å². The van der Waals surface area contributed by atoms with Crippen LogP contribution >= 0.6 is 0 Å². The Hall–Kier alpha value is -2.96. The third-order valence-corrected chi connectivity index (χ3v) is 2.54. The van der Waals surface area contributed by atoms with Crippen molar-refractivity contribution < 1.29 is 19.2 Å². The molecule has 0 heterocycles. The van der Waals surface area contributed by atoms with Gasteiger partial charge in [-0.3, -0.25) is 14.9 Å².